The van der Waals surface area contributed by atoms with Gasteiger partial charge in [0.2, 0.25) is 0 Å². The Hall–Kier alpha value is -0.710. The first-order chi connectivity index (χ1) is 7.24. The minimum absolute atomic E-state index is 0.185. The summed E-state index contributed by atoms with van der Waals surface area (Å²) in [7, 11) is 0. The Balaban J connectivity index is 1.90. The zero-order valence-electron chi connectivity index (χ0n) is 8.64. The zero-order chi connectivity index (χ0) is 10.7. The highest BCUT2D eigenvalue weighted by atomic mass is 32.1. The van der Waals surface area contributed by atoms with E-state index in [1.165, 1.54) is 5.56 Å². The van der Waals surface area contributed by atoms with Crippen molar-refractivity contribution in [1.29, 1.82) is 0 Å². The van der Waals surface area contributed by atoms with Gasteiger partial charge in [0.25, 0.3) is 0 Å². The van der Waals surface area contributed by atoms with Crippen molar-refractivity contribution >= 4 is 22.7 Å². The van der Waals surface area contributed by atoms with E-state index in [9.17, 15) is 0 Å². The van der Waals surface area contributed by atoms with Gasteiger partial charge in [0.05, 0.1) is 5.01 Å². The van der Waals surface area contributed by atoms with Crippen molar-refractivity contribution < 1.29 is 0 Å². The van der Waals surface area contributed by atoms with Crippen LogP contribution in [0.3, 0.4) is 0 Å². The Labute approximate surface area is 97.8 Å². The van der Waals surface area contributed by atoms with Crippen LogP contribution in [0.15, 0.2) is 22.2 Å². The number of hydrogen-bond acceptors (Lipinski definition) is 4. The molecular weight excluding hydrogens is 224 g/mol. The molecule has 0 aromatic carbocycles. The van der Waals surface area contributed by atoms with E-state index < -0.39 is 0 Å². The maximum Gasteiger partial charge on any atom is 0.0943 e. The average Bonchev–Trinajstić information content (AvgIpc) is 2.77. The molecule has 1 atom stereocenters. The summed E-state index contributed by atoms with van der Waals surface area (Å²) in [5.41, 5.74) is 8.51. The molecule has 0 aliphatic carbocycles. The Bertz CT molecular complexity index is 406. The number of thiophene rings is 1. The smallest absolute Gasteiger partial charge is 0.0943 e. The SMILES string of the molecule is Cc1csc(CC(N)Cc2ccsc2)n1. The molecule has 0 saturated heterocycles. The third-order valence-electron chi connectivity index (χ3n) is 2.18. The lowest BCUT2D eigenvalue weighted by atomic mass is 10.1. The van der Waals surface area contributed by atoms with E-state index in [1.807, 2.05) is 6.92 Å². The van der Waals surface area contributed by atoms with Gasteiger partial charge in [-0.1, -0.05) is 0 Å². The molecule has 15 heavy (non-hydrogen) atoms. The third kappa shape index (κ3) is 3.12. The molecule has 80 valence electrons. The number of rotatable bonds is 4. The molecule has 0 spiro atoms. The predicted molar refractivity (Wildman–Crippen MR) is 66.6 cm³/mol. The monoisotopic (exact) mass is 238 g/mol. The van der Waals surface area contributed by atoms with Crippen molar-refractivity contribution in [3.63, 3.8) is 0 Å². The maximum absolute atomic E-state index is 6.08. The Morgan fingerprint density at radius 3 is 2.87 bits per heavy atom. The minimum Gasteiger partial charge on any atom is -0.327 e. The molecular formula is C11H14N2S2. The number of aromatic nitrogens is 1. The van der Waals surface area contributed by atoms with E-state index in [0.717, 1.165) is 23.5 Å². The van der Waals surface area contributed by atoms with Crippen molar-refractivity contribution in [3.8, 4) is 0 Å². The zero-order valence-corrected chi connectivity index (χ0v) is 10.3. The van der Waals surface area contributed by atoms with Gasteiger partial charge in [-0.05, 0) is 35.7 Å². The van der Waals surface area contributed by atoms with Crippen LogP contribution in [0.25, 0.3) is 0 Å². The molecule has 4 heteroatoms. The van der Waals surface area contributed by atoms with Gasteiger partial charge >= 0.3 is 0 Å². The van der Waals surface area contributed by atoms with Crippen LogP contribution in [0, 0.1) is 6.92 Å². The molecule has 2 nitrogen and oxygen atoms in total. The van der Waals surface area contributed by atoms with E-state index in [0.29, 0.717) is 0 Å². The standard InChI is InChI=1S/C11H14N2S2/c1-8-6-15-11(13-8)5-10(12)4-9-2-3-14-7-9/h2-3,6-7,10H,4-5,12H2,1H3. The average molecular weight is 238 g/mol. The summed E-state index contributed by atoms with van der Waals surface area (Å²) in [5, 5.41) is 7.48. The highest BCUT2D eigenvalue weighted by Gasteiger charge is 2.08. The molecule has 0 aliphatic heterocycles. The highest BCUT2D eigenvalue weighted by Crippen LogP contribution is 2.13. The van der Waals surface area contributed by atoms with Gasteiger partial charge in [0.1, 0.15) is 0 Å². The number of aryl methyl sites for hydroxylation is 1. The quantitative estimate of drug-likeness (QED) is 0.889. The summed E-state index contributed by atoms with van der Waals surface area (Å²) >= 11 is 3.43. The van der Waals surface area contributed by atoms with Crippen LogP contribution in [0.1, 0.15) is 16.3 Å². The van der Waals surface area contributed by atoms with Gasteiger partial charge in [-0.2, -0.15) is 11.3 Å². The van der Waals surface area contributed by atoms with Crippen molar-refractivity contribution in [3.05, 3.63) is 38.5 Å². The van der Waals surface area contributed by atoms with Crippen LogP contribution >= 0.6 is 22.7 Å². The first-order valence-corrected chi connectivity index (χ1v) is 6.74. The second-order valence-corrected chi connectivity index (χ2v) is 5.41. The summed E-state index contributed by atoms with van der Waals surface area (Å²) < 4.78 is 0. The van der Waals surface area contributed by atoms with Gasteiger partial charge < -0.3 is 5.73 Å². The van der Waals surface area contributed by atoms with E-state index in [2.05, 4.69) is 27.2 Å². The first kappa shape index (κ1) is 10.8. The molecule has 0 fully saturated rings. The van der Waals surface area contributed by atoms with Gasteiger partial charge in [-0.3, -0.25) is 0 Å². The van der Waals surface area contributed by atoms with Crippen LogP contribution in [0.2, 0.25) is 0 Å². The Morgan fingerprint density at radius 1 is 1.40 bits per heavy atom. The number of nitrogens with zero attached hydrogens (tertiary/aromatic N) is 1. The lowest BCUT2D eigenvalue weighted by Gasteiger charge is -2.07. The van der Waals surface area contributed by atoms with Crippen LogP contribution in [-0.4, -0.2) is 11.0 Å². The molecule has 1 unspecified atom stereocenters. The Morgan fingerprint density at radius 2 is 2.27 bits per heavy atom. The largest absolute Gasteiger partial charge is 0.327 e. The fourth-order valence-electron chi connectivity index (χ4n) is 1.50. The maximum atomic E-state index is 6.08. The summed E-state index contributed by atoms with van der Waals surface area (Å²) in [6, 6.07) is 2.32. The topological polar surface area (TPSA) is 38.9 Å². The first-order valence-electron chi connectivity index (χ1n) is 4.91. The highest BCUT2D eigenvalue weighted by molar-refractivity contribution is 7.09. The predicted octanol–water partition coefficient (Wildman–Crippen LogP) is 2.63. The number of hydrogen-bond donors (Lipinski definition) is 1. The van der Waals surface area contributed by atoms with Crippen molar-refractivity contribution in [1.82, 2.24) is 4.98 Å². The van der Waals surface area contributed by atoms with E-state index in [4.69, 9.17) is 5.73 Å². The number of nitrogens with two attached hydrogens (primary N) is 1. The molecule has 2 N–H and O–H groups in total. The fraction of sp³-hybridized carbons (Fsp3) is 0.364. The normalized spacial score (nSPS) is 12.9. The molecule has 0 radical (unpaired) electrons. The van der Waals surface area contributed by atoms with E-state index in [-0.39, 0.29) is 6.04 Å². The third-order valence-corrected chi connectivity index (χ3v) is 3.90. The molecule has 0 bridgehead atoms. The van der Waals surface area contributed by atoms with Crippen LogP contribution in [-0.2, 0) is 12.8 Å². The van der Waals surface area contributed by atoms with Crippen LogP contribution in [0.4, 0.5) is 0 Å². The second kappa shape index (κ2) is 4.88. The molecule has 0 aliphatic rings. The van der Waals surface area contributed by atoms with Gasteiger partial charge in [0.15, 0.2) is 0 Å². The summed E-state index contributed by atoms with van der Waals surface area (Å²) in [5.74, 6) is 0. The van der Waals surface area contributed by atoms with E-state index in [1.54, 1.807) is 22.7 Å². The van der Waals surface area contributed by atoms with E-state index >= 15 is 0 Å². The van der Waals surface area contributed by atoms with Crippen molar-refractivity contribution in [2.75, 3.05) is 0 Å². The number of thiazole rings is 1. The van der Waals surface area contributed by atoms with Gasteiger partial charge in [-0.15, -0.1) is 11.3 Å². The molecule has 0 amide bonds. The lowest BCUT2D eigenvalue weighted by Crippen LogP contribution is -2.25. The minimum atomic E-state index is 0.185. The summed E-state index contributed by atoms with van der Waals surface area (Å²) in [4.78, 5) is 4.42. The molecule has 2 heterocycles. The van der Waals surface area contributed by atoms with Crippen LogP contribution in [0.5, 0.6) is 0 Å². The van der Waals surface area contributed by atoms with Gasteiger partial charge in [0, 0.05) is 23.5 Å². The lowest BCUT2D eigenvalue weighted by molar-refractivity contribution is 0.663. The molecule has 2 aromatic heterocycles. The molecule has 2 rings (SSSR count). The van der Waals surface area contributed by atoms with Crippen molar-refractivity contribution in [2.45, 2.75) is 25.8 Å². The summed E-state index contributed by atoms with van der Waals surface area (Å²) in [6.07, 6.45) is 1.83. The van der Waals surface area contributed by atoms with Crippen molar-refractivity contribution in [2.24, 2.45) is 5.73 Å². The summed E-state index contributed by atoms with van der Waals surface area (Å²) in [6.45, 7) is 2.02. The fourth-order valence-corrected chi connectivity index (χ4v) is 3.05. The molecule has 0 saturated carbocycles. The van der Waals surface area contributed by atoms with Gasteiger partial charge in [-0.25, -0.2) is 4.98 Å². The molecule has 2 aromatic rings. The Kier molecular flexibility index (Phi) is 3.51. The second-order valence-electron chi connectivity index (χ2n) is 3.68. The van der Waals surface area contributed by atoms with Crippen LogP contribution < -0.4 is 5.73 Å².